The summed E-state index contributed by atoms with van der Waals surface area (Å²) in [5, 5.41) is 3.44. The van der Waals surface area contributed by atoms with Gasteiger partial charge < -0.3 is 5.32 Å². The minimum Gasteiger partial charge on any atom is -0.381 e. The van der Waals surface area contributed by atoms with Gasteiger partial charge >= 0.3 is 0 Å². The Bertz CT molecular complexity index is 557. The Kier molecular flexibility index (Phi) is 4.70. The zero-order valence-corrected chi connectivity index (χ0v) is 13.2. The highest BCUT2D eigenvalue weighted by Crippen LogP contribution is 2.32. The monoisotopic (exact) mass is 296 g/mol. The molecule has 0 radical (unpaired) electrons. The van der Waals surface area contributed by atoms with E-state index >= 15 is 0 Å². The fourth-order valence-electron chi connectivity index (χ4n) is 3.01. The Hall–Kier alpha value is -1.07. The molecule has 3 atom stereocenters. The zero-order valence-electron chi connectivity index (χ0n) is 12.4. The number of nitrogens with one attached hydrogen (secondary N) is 2. The van der Waals surface area contributed by atoms with E-state index in [4.69, 9.17) is 0 Å². The molecule has 5 heteroatoms. The summed E-state index contributed by atoms with van der Waals surface area (Å²) in [5.74, 6) is 1.32. The molecule has 1 aliphatic carbocycles. The van der Waals surface area contributed by atoms with Crippen LogP contribution in [0.2, 0.25) is 0 Å². The van der Waals surface area contributed by atoms with Crippen LogP contribution in [0.15, 0.2) is 29.2 Å². The quantitative estimate of drug-likeness (QED) is 0.898. The molecule has 0 aromatic heterocycles. The molecule has 2 rings (SSSR count). The van der Waals surface area contributed by atoms with Crippen LogP contribution in [0.3, 0.4) is 0 Å². The van der Waals surface area contributed by atoms with Gasteiger partial charge in [0.15, 0.2) is 0 Å². The molecule has 0 amide bonds. The molecule has 1 fully saturated rings. The average Bonchev–Trinajstić information content (AvgIpc) is 2.42. The van der Waals surface area contributed by atoms with Crippen LogP contribution >= 0.6 is 0 Å². The number of hydrogen-bond acceptors (Lipinski definition) is 3. The normalized spacial score (nSPS) is 27.2. The van der Waals surface area contributed by atoms with E-state index in [0.717, 1.165) is 12.3 Å². The minimum atomic E-state index is -3.42. The van der Waals surface area contributed by atoms with Crippen molar-refractivity contribution in [3.63, 3.8) is 0 Å². The molecule has 4 nitrogen and oxygen atoms in total. The average molecular weight is 296 g/mol. The second-order valence-electron chi connectivity index (χ2n) is 5.85. The number of hydrogen-bond donors (Lipinski definition) is 2. The number of anilines is 1. The Balaban J connectivity index is 2.22. The molecule has 0 saturated heterocycles. The first kappa shape index (κ1) is 15.3. The highest BCUT2D eigenvalue weighted by atomic mass is 32.2. The second-order valence-corrected chi connectivity index (χ2v) is 7.71. The van der Waals surface area contributed by atoms with Crippen LogP contribution in [0, 0.1) is 11.8 Å². The summed E-state index contributed by atoms with van der Waals surface area (Å²) < 4.78 is 26.5. The standard InChI is InChI=1S/C15H24N2O2S/c1-11-8-9-13(12(2)10-11)17-14-6-4-5-7-15(14)20(18,19)16-3/h4-7,11-13,16-17H,8-10H2,1-3H3. The lowest BCUT2D eigenvalue weighted by molar-refractivity contribution is 0.276. The fourth-order valence-corrected chi connectivity index (χ4v) is 3.90. The van der Waals surface area contributed by atoms with Crippen LogP contribution in [0.1, 0.15) is 33.1 Å². The van der Waals surface area contributed by atoms with Crippen molar-refractivity contribution in [2.75, 3.05) is 12.4 Å². The Morgan fingerprint density at radius 1 is 1.15 bits per heavy atom. The number of sulfonamides is 1. The third-order valence-electron chi connectivity index (χ3n) is 4.22. The maximum Gasteiger partial charge on any atom is 0.242 e. The lowest BCUT2D eigenvalue weighted by atomic mass is 9.80. The number of rotatable bonds is 4. The summed E-state index contributed by atoms with van der Waals surface area (Å²) in [6, 6.07) is 7.45. The summed E-state index contributed by atoms with van der Waals surface area (Å²) in [6.45, 7) is 4.52. The minimum absolute atomic E-state index is 0.327. The van der Waals surface area contributed by atoms with E-state index in [1.165, 1.54) is 19.9 Å². The van der Waals surface area contributed by atoms with Gasteiger partial charge in [0, 0.05) is 6.04 Å². The first-order valence-corrected chi connectivity index (χ1v) is 8.71. The SMILES string of the molecule is CNS(=O)(=O)c1ccccc1NC1CCC(C)CC1C. The third kappa shape index (κ3) is 3.33. The smallest absolute Gasteiger partial charge is 0.242 e. The first-order valence-electron chi connectivity index (χ1n) is 7.23. The molecule has 0 spiro atoms. The number of benzene rings is 1. The van der Waals surface area contributed by atoms with Gasteiger partial charge in [0.25, 0.3) is 0 Å². The largest absolute Gasteiger partial charge is 0.381 e. The molecule has 1 aliphatic rings. The van der Waals surface area contributed by atoms with Gasteiger partial charge in [-0.2, -0.15) is 0 Å². The lowest BCUT2D eigenvalue weighted by Crippen LogP contribution is -2.33. The van der Waals surface area contributed by atoms with Gasteiger partial charge in [-0.1, -0.05) is 26.0 Å². The van der Waals surface area contributed by atoms with E-state index in [-0.39, 0.29) is 0 Å². The molecular weight excluding hydrogens is 272 g/mol. The molecule has 1 aromatic rings. The summed E-state index contributed by atoms with van der Waals surface area (Å²) >= 11 is 0. The summed E-state index contributed by atoms with van der Waals surface area (Å²) in [7, 11) is -1.98. The van der Waals surface area contributed by atoms with Crippen molar-refractivity contribution in [2.24, 2.45) is 11.8 Å². The topological polar surface area (TPSA) is 58.2 Å². The molecule has 3 unspecified atom stereocenters. The van der Waals surface area contributed by atoms with Crippen molar-refractivity contribution < 1.29 is 8.42 Å². The van der Waals surface area contributed by atoms with Crippen molar-refractivity contribution in [3.05, 3.63) is 24.3 Å². The van der Waals surface area contributed by atoms with Gasteiger partial charge in [-0.05, 0) is 50.3 Å². The molecule has 1 saturated carbocycles. The third-order valence-corrected chi connectivity index (χ3v) is 5.69. The van der Waals surface area contributed by atoms with E-state index in [2.05, 4.69) is 23.9 Å². The van der Waals surface area contributed by atoms with Gasteiger partial charge in [0.05, 0.1) is 5.69 Å². The Morgan fingerprint density at radius 3 is 2.50 bits per heavy atom. The molecule has 2 N–H and O–H groups in total. The Morgan fingerprint density at radius 2 is 1.85 bits per heavy atom. The molecule has 112 valence electrons. The predicted octanol–water partition coefficient (Wildman–Crippen LogP) is 2.83. The lowest BCUT2D eigenvalue weighted by Gasteiger charge is -2.34. The van der Waals surface area contributed by atoms with Crippen molar-refractivity contribution in [1.82, 2.24) is 4.72 Å². The first-order chi connectivity index (χ1) is 9.44. The van der Waals surface area contributed by atoms with E-state index in [0.29, 0.717) is 22.5 Å². The van der Waals surface area contributed by atoms with E-state index in [9.17, 15) is 8.42 Å². The zero-order chi connectivity index (χ0) is 14.8. The van der Waals surface area contributed by atoms with Gasteiger partial charge in [-0.3, -0.25) is 0 Å². The maximum absolute atomic E-state index is 12.0. The molecule has 20 heavy (non-hydrogen) atoms. The number of para-hydroxylation sites is 1. The van der Waals surface area contributed by atoms with Crippen LogP contribution in [0.25, 0.3) is 0 Å². The van der Waals surface area contributed by atoms with E-state index in [1.807, 2.05) is 12.1 Å². The summed E-state index contributed by atoms with van der Waals surface area (Å²) in [6.07, 6.45) is 3.48. The van der Waals surface area contributed by atoms with Gasteiger partial charge in [-0.15, -0.1) is 0 Å². The van der Waals surface area contributed by atoms with Crippen molar-refractivity contribution in [1.29, 1.82) is 0 Å². The highest BCUT2D eigenvalue weighted by molar-refractivity contribution is 7.89. The second kappa shape index (κ2) is 6.14. The molecular formula is C15H24N2O2S. The van der Waals surface area contributed by atoms with Crippen LogP contribution in [0.5, 0.6) is 0 Å². The summed E-state index contributed by atoms with van der Waals surface area (Å²) in [4.78, 5) is 0.327. The fraction of sp³-hybridized carbons (Fsp3) is 0.600. The van der Waals surface area contributed by atoms with Crippen LogP contribution < -0.4 is 10.0 Å². The van der Waals surface area contributed by atoms with Crippen molar-refractivity contribution in [3.8, 4) is 0 Å². The predicted molar refractivity (Wildman–Crippen MR) is 82.3 cm³/mol. The highest BCUT2D eigenvalue weighted by Gasteiger charge is 2.26. The van der Waals surface area contributed by atoms with E-state index in [1.54, 1.807) is 12.1 Å². The van der Waals surface area contributed by atoms with Crippen LogP contribution in [-0.2, 0) is 10.0 Å². The molecule has 0 heterocycles. The van der Waals surface area contributed by atoms with Gasteiger partial charge in [0.2, 0.25) is 10.0 Å². The molecule has 0 aliphatic heterocycles. The maximum atomic E-state index is 12.0. The van der Waals surface area contributed by atoms with Crippen molar-refractivity contribution in [2.45, 2.75) is 44.0 Å². The summed E-state index contributed by atoms with van der Waals surface area (Å²) in [5.41, 5.74) is 0.702. The van der Waals surface area contributed by atoms with Gasteiger partial charge in [-0.25, -0.2) is 13.1 Å². The van der Waals surface area contributed by atoms with E-state index < -0.39 is 10.0 Å². The van der Waals surface area contributed by atoms with Crippen LogP contribution in [-0.4, -0.2) is 21.5 Å². The van der Waals surface area contributed by atoms with Gasteiger partial charge in [0.1, 0.15) is 4.90 Å². The Labute approximate surface area is 122 Å². The molecule has 0 bridgehead atoms. The van der Waals surface area contributed by atoms with Crippen molar-refractivity contribution >= 4 is 15.7 Å². The molecule has 1 aromatic carbocycles. The van der Waals surface area contributed by atoms with Crippen LogP contribution in [0.4, 0.5) is 5.69 Å².